The third kappa shape index (κ3) is 6.29. The van der Waals surface area contributed by atoms with Crippen LogP contribution in [-0.2, 0) is 0 Å². The molecule has 0 bridgehead atoms. The molecule has 0 aliphatic carbocycles. The van der Waals surface area contributed by atoms with Gasteiger partial charge in [-0.3, -0.25) is 0 Å². The molecule has 0 aliphatic heterocycles. The fourth-order valence-corrected chi connectivity index (χ4v) is 1.50. The van der Waals surface area contributed by atoms with E-state index in [-0.39, 0.29) is 0 Å². The fraction of sp³-hybridized carbons (Fsp3) is 0.455. The van der Waals surface area contributed by atoms with E-state index in [0.29, 0.717) is 0 Å². The highest BCUT2D eigenvalue weighted by atomic mass is 32.2. The van der Waals surface area contributed by atoms with Crippen LogP contribution >= 0.6 is 11.8 Å². The van der Waals surface area contributed by atoms with Crippen LogP contribution in [0.15, 0.2) is 35.3 Å². The van der Waals surface area contributed by atoms with Crippen molar-refractivity contribution >= 4 is 11.8 Å². The van der Waals surface area contributed by atoms with Crippen molar-refractivity contribution in [1.82, 2.24) is 0 Å². The lowest BCUT2D eigenvalue weighted by Crippen LogP contribution is -1.82. The van der Waals surface area contributed by atoms with Crippen LogP contribution in [0, 0.1) is 0 Å². The van der Waals surface area contributed by atoms with Gasteiger partial charge in [-0.2, -0.15) is 0 Å². The molecule has 0 saturated carbocycles. The minimum Gasteiger partial charge on any atom is -0.127 e. The quantitative estimate of drug-likeness (QED) is 0.575. The minimum atomic E-state index is 1.04. The first-order chi connectivity index (χ1) is 5.56. The highest BCUT2D eigenvalue weighted by Crippen LogP contribution is 2.19. The standard InChI is InChI=1S/C11H18S/c1-6-11(5)12-8-10(4)7-9(2)3/h7H,2,5-6,8H2,1,3-4H3/b10-7+. The lowest BCUT2D eigenvalue weighted by Gasteiger charge is -2.02. The summed E-state index contributed by atoms with van der Waals surface area (Å²) in [6, 6.07) is 0. The van der Waals surface area contributed by atoms with Crippen LogP contribution in [0.2, 0.25) is 0 Å². The maximum atomic E-state index is 3.94. The summed E-state index contributed by atoms with van der Waals surface area (Å²) in [5.74, 6) is 1.04. The topological polar surface area (TPSA) is 0 Å². The molecule has 0 aromatic heterocycles. The Hall–Kier alpha value is -0.430. The number of rotatable bonds is 5. The van der Waals surface area contributed by atoms with E-state index in [9.17, 15) is 0 Å². The van der Waals surface area contributed by atoms with E-state index in [2.05, 4.69) is 33.1 Å². The molecular weight excluding hydrogens is 164 g/mol. The van der Waals surface area contributed by atoms with Crippen LogP contribution in [0.5, 0.6) is 0 Å². The van der Waals surface area contributed by atoms with E-state index in [1.807, 2.05) is 18.7 Å². The second-order valence-electron chi connectivity index (χ2n) is 3.02. The predicted octanol–water partition coefficient (Wildman–Crippen LogP) is 4.17. The predicted molar refractivity (Wildman–Crippen MR) is 60.5 cm³/mol. The maximum absolute atomic E-state index is 3.94. The van der Waals surface area contributed by atoms with Crippen LogP contribution in [0.4, 0.5) is 0 Å². The Labute approximate surface area is 80.4 Å². The van der Waals surface area contributed by atoms with Gasteiger partial charge in [-0.1, -0.05) is 37.3 Å². The molecule has 0 amide bonds. The first-order valence-electron chi connectivity index (χ1n) is 4.19. The summed E-state index contributed by atoms with van der Waals surface area (Å²) in [4.78, 5) is 1.25. The molecule has 0 saturated heterocycles. The van der Waals surface area contributed by atoms with E-state index in [0.717, 1.165) is 17.7 Å². The Morgan fingerprint density at radius 3 is 2.33 bits per heavy atom. The van der Waals surface area contributed by atoms with Crippen molar-refractivity contribution in [3.8, 4) is 0 Å². The third-order valence-electron chi connectivity index (χ3n) is 1.39. The Morgan fingerprint density at radius 1 is 1.33 bits per heavy atom. The largest absolute Gasteiger partial charge is 0.127 e. The van der Waals surface area contributed by atoms with Gasteiger partial charge in [0.15, 0.2) is 0 Å². The van der Waals surface area contributed by atoms with Crippen molar-refractivity contribution in [2.75, 3.05) is 5.75 Å². The monoisotopic (exact) mass is 182 g/mol. The molecule has 0 unspecified atom stereocenters. The summed E-state index contributed by atoms with van der Waals surface area (Å²) in [6.45, 7) is 14.1. The maximum Gasteiger partial charge on any atom is 0.0187 e. The molecule has 0 atom stereocenters. The molecule has 0 rings (SSSR count). The molecule has 0 aromatic rings. The van der Waals surface area contributed by atoms with Gasteiger partial charge in [0, 0.05) is 5.75 Å². The van der Waals surface area contributed by atoms with Crippen molar-refractivity contribution in [3.05, 3.63) is 35.3 Å². The molecule has 0 nitrogen and oxygen atoms in total. The van der Waals surface area contributed by atoms with Gasteiger partial charge in [-0.25, -0.2) is 0 Å². The van der Waals surface area contributed by atoms with Crippen molar-refractivity contribution in [3.63, 3.8) is 0 Å². The van der Waals surface area contributed by atoms with E-state index >= 15 is 0 Å². The van der Waals surface area contributed by atoms with Crippen LogP contribution < -0.4 is 0 Å². The molecule has 0 heterocycles. The van der Waals surface area contributed by atoms with Crippen molar-refractivity contribution in [2.45, 2.75) is 27.2 Å². The normalized spacial score (nSPS) is 11.4. The zero-order valence-electron chi connectivity index (χ0n) is 8.31. The average Bonchev–Trinajstić information content (AvgIpc) is 1.99. The van der Waals surface area contributed by atoms with Gasteiger partial charge in [-0.05, 0) is 25.2 Å². The second-order valence-corrected chi connectivity index (χ2v) is 4.17. The van der Waals surface area contributed by atoms with E-state index in [4.69, 9.17) is 0 Å². The van der Waals surface area contributed by atoms with E-state index < -0.39 is 0 Å². The third-order valence-corrected chi connectivity index (χ3v) is 2.69. The molecule has 68 valence electrons. The number of thioether (sulfide) groups is 1. The number of hydrogen-bond donors (Lipinski definition) is 0. The lowest BCUT2D eigenvalue weighted by molar-refractivity contribution is 1.21. The second kappa shape index (κ2) is 6.13. The van der Waals surface area contributed by atoms with Gasteiger partial charge >= 0.3 is 0 Å². The molecule has 0 N–H and O–H groups in total. The molecule has 0 spiro atoms. The summed E-state index contributed by atoms with van der Waals surface area (Å²) < 4.78 is 0. The van der Waals surface area contributed by atoms with Gasteiger partial charge in [0.1, 0.15) is 0 Å². The molecule has 0 fully saturated rings. The Morgan fingerprint density at radius 2 is 1.92 bits per heavy atom. The SMILES string of the molecule is C=C(C)/C=C(\C)CSC(=C)CC. The van der Waals surface area contributed by atoms with Crippen molar-refractivity contribution < 1.29 is 0 Å². The summed E-state index contributed by atoms with van der Waals surface area (Å²) in [5, 5.41) is 0. The van der Waals surface area contributed by atoms with Crippen molar-refractivity contribution in [1.29, 1.82) is 0 Å². The molecular formula is C11H18S. The zero-order valence-corrected chi connectivity index (χ0v) is 9.13. The smallest absolute Gasteiger partial charge is 0.0187 e. The van der Waals surface area contributed by atoms with Gasteiger partial charge in [0.25, 0.3) is 0 Å². The van der Waals surface area contributed by atoms with Crippen LogP contribution in [0.1, 0.15) is 27.2 Å². The van der Waals surface area contributed by atoms with Crippen LogP contribution in [0.3, 0.4) is 0 Å². The summed E-state index contributed by atoms with van der Waals surface area (Å²) in [5.41, 5.74) is 2.48. The Bertz CT molecular complexity index is 199. The number of allylic oxidation sites excluding steroid dienone is 3. The first-order valence-corrected chi connectivity index (χ1v) is 5.18. The van der Waals surface area contributed by atoms with Crippen LogP contribution in [-0.4, -0.2) is 5.75 Å². The molecule has 0 aromatic carbocycles. The van der Waals surface area contributed by atoms with E-state index in [1.165, 1.54) is 10.5 Å². The highest BCUT2D eigenvalue weighted by Gasteiger charge is 1.93. The first kappa shape index (κ1) is 11.6. The molecule has 12 heavy (non-hydrogen) atoms. The molecule has 0 radical (unpaired) electrons. The molecule has 0 aliphatic rings. The van der Waals surface area contributed by atoms with Crippen LogP contribution in [0.25, 0.3) is 0 Å². The van der Waals surface area contributed by atoms with Gasteiger partial charge < -0.3 is 0 Å². The fourth-order valence-electron chi connectivity index (χ4n) is 0.780. The summed E-state index contributed by atoms with van der Waals surface area (Å²) in [6.07, 6.45) is 3.18. The van der Waals surface area contributed by atoms with Crippen molar-refractivity contribution in [2.24, 2.45) is 0 Å². The Kier molecular flexibility index (Phi) is 5.91. The van der Waals surface area contributed by atoms with Gasteiger partial charge in [-0.15, -0.1) is 11.8 Å². The highest BCUT2D eigenvalue weighted by molar-refractivity contribution is 8.03. The zero-order chi connectivity index (χ0) is 9.56. The molecule has 1 heteroatoms. The Balaban J connectivity index is 3.78. The van der Waals surface area contributed by atoms with E-state index in [1.54, 1.807) is 0 Å². The lowest BCUT2D eigenvalue weighted by atomic mass is 10.2. The number of hydrogen-bond acceptors (Lipinski definition) is 1. The van der Waals surface area contributed by atoms with Gasteiger partial charge in [0.05, 0.1) is 0 Å². The summed E-state index contributed by atoms with van der Waals surface area (Å²) in [7, 11) is 0. The minimum absolute atomic E-state index is 1.04. The average molecular weight is 182 g/mol. The summed E-state index contributed by atoms with van der Waals surface area (Å²) >= 11 is 1.82. The van der Waals surface area contributed by atoms with Gasteiger partial charge in [0.2, 0.25) is 0 Å².